The number of aliphatic carboxylic acids is 2. The van der Waals surface area contributed by atoms with E-state index in [1.54, 1.807) is 0 Å². The van der Waals surface area contributed by atoms with Gasteiger partial charge in [-0.1, -0.05) is 26.7 Å². The van der Waals surface area contributed by atoms with Gasteiger partial charge in [-0.25, -0.2) is 0 Å². The Kier molecular flexibility index (Phi) is 11.0. The largest absolute Gasteiger partial charge is 0.481 e. The Hall–Kier alpha value is -1.06. The van der Waals surface area contributed by atoms with Gasteiger partial charge in [0.2, 0.25) is 0 Å². The molecular weight excluding hydrogens is 184 g/mol. The van der Waals surface area contributed by atoms with Gasteiger partial charge in [-0.2, -0.15) is 0 Å². The maximum absolute atomic E-state index is 10.4. The molecule has 0 aromatic heterocycles. The zero-order chi connectivity index (χ0) is 11.6. The molecule has 4 heteroatoms. The monoisotopic (exact) mass is 204 g/mol. The van der Waals surface area contributed by atoms with Crippen molar-refractivity contribution in [1.82, 2.24) is 0 Å². The van der Waals surface area contributed by atoms with Crippen LogP contribution in [-0.2, 0) is 9.59 Å². The highest BCUT2D eigenvalue weighted by atomic mass is 16.4. The van der Waals surface area contributed by atoms with E-state index in [0.29, 0.717) is 0 Å². The summed E-state index contributed by atoms with van der Waals surface area (Å²) in [5.74, 6) is -1.59. The van der Waals surface area contributed by atoms with Gasteiger partial charge in [0.05, 0.1) is 5.92 Å². The minimum absolute atomic E-state index is 0.111. The summed E-state index contributed by atoms with van der Waals surface area (Å²) >= 11 is 0. The highest BCUT2D eigenvalue weighted by Crippen LogP contribution is 2.11. The molecule has 0 aliphatic heterocycles. The second-order valence-electron chi connectivity index (χ2n) is 3.10. The number of hydrogen-bond donors (Lipinski definition) is 2. The summed E-state index contributed by atoms with van der Waals surface area (Å²) in [5, 5.41) is 16.0. The lowest BCUT2D eigenvalue weighted by Crippen LogP contribution is -2.11. The molecule has 0 aliphatic carbocycles. The van der Waals surface area contributed by atoms with E-state index in [4.69, 9.17) is 15.0 Å². The van der Waals surface area contributed by atoms with Crippen LogP contribution in [0.5, 0.6) is 0 Å². The molecule has 1 unspecified atom stereocenters. The topological polar surface area (TPSA) is 74.6 Å². The van der Waals surface area contributed by atoms with Gasteiger partial charge in [0.25, 0.3) is 5.97 Å². The SMILES string of the molecule is CC(=O)O.CCCCC(CC)C(=O)O. The van der Waals surface area contributed by atoms with Gasteiger partial charge >= 0.3 is 5.97 Å². The standard InChI is InChI=1S/C8H16O2.C2H4O2/c1-3-5-6-7(4-2)8(9)10;1-2(3)4/h7H,3-6H2,1-2H3,(H,9,10);1H3,(H,3,4). The number of carboxylic acid groups (broad SMARTS) is 2. The van der Waals surface area contributed by atoms with Crippen LogP contribution < -0.4 is 0 Å². The number of carbonyl (C=O) groups is 2. The number of unbranched alkanes of at least 4 members (excludes halogenated alkanes) is 1. The molecular formula is C10H20O4. The highest BCUT2D eigenvalue weighted by Gasteiger charge is 2.12. The highest BCUT2D eigenvalue weighted by molar-refractivity contribution is 5.69. The number of carboxylic acids is 2. The summed E-state index contributed by atoms with van der Waals surface area (Å²) < 4.78 is 0. The lowest BCUT2D eigenvalue weighted by Gasteiger charge is -2.06. The molecule has 0 aromatic rings. The van der Waals surface area contributed by atoms with Gasteiger partial charge < -0.3 is 10.2 Å². The predicted octanol–water partition coefficient (Wildman–Crippen LogP) is 2.38. The quantitative estimate of drug-likeness (QED) is 0.721. The lowest BCUT2D eigenvalue weighted by atomic mass is 10.00. The van der Waals surface area contributed by atoms with Crippen molar-refractivity contribution in [2.75, 3.05) is 0 Å². The van der Waals surface area contributed by atoms with Gasteiger partial charge in [0.15, 0.2) is 0 Å². The first kappa shape index (κ1) is 15.4. The molecule has 0 amide bonds. The maximum Gasteiger partial charge on any atom is 0.306 e. The fraction of sp³-hybridized carbons (Fsp3) is 0.800. The Balaban J connectivity index is 0. The number of rotatable bonds is 5. The van der Waals surface area contributed by atoms with Gasteiger partial charge in [-0.15, -0.1) is 0 Å². The van der Waals surface area contributed by atoms with Crippen LogP contribution in [0.25, 0.3) is 0 Å². The maximum atomic E-state index is 10.4. The van der Waals surface area contributed by atoms with Crippen molar-refractivity contribution in [3.8, 4) is 0 Å². The second kappa shape index (κ2) is 10.0. The molecule has 0 saturated carbocycles. The van der Waals surface area contributed by atoms with Crippen LogP contribution in [0, 0.1) is 5.92 Å². The molecule has 0 fully saturated rings. The molecule has 84 valence electrons. The van der Waals surface area contributed by atoms with Gasteiger partial charge in [-0.05, 0) is 12.8 Å². The van der Waals surface area contributed by atoms with Crippen LogP contribution in [0.1, 0.15) is 46.5 Å². The third kappa shape index (κ3) is 13.5. The summed E-state index contributed by atoms with van der Waals surface area (Å²) in [6.45, 7) is 5.09. The van der Waals surface area contributed by atoms with E-state index in [-0.39, 0.29) is 5.92 Å². The molecule has 1 atom stereocenters. The van der Waals surface area contributed by atoms with Crippen molar-refractivity contribution < 1.29 is 19.8 Å². The van der Waals surface area contributed by atoms with E-state index >= 15 is 0 Å². The van der Waals surface area contributed by atoms with Crippen LogP contribution in [0.15, 0.2) is 0 Å². The third-order valence-electron chi connectivity index (χ3n) is 1.75. The lowest BCUT2D eigenvalue weighted by molar-refractivity contribution is -0.142. The van der Waals surface area contributed by atoms with Crippen molar-refractivity contribution in [2.24, 2.45) is 5.92 Å². The second-order valence-corrected chi connectivity index (χ2v) is 3.10. The molecule has 0 spiro atoms. The minimum atomic E-state index is -0.833. The van der Waals surface area contributed by atoms with E-state index in [9.17, 15) is 4.79 Å². The predicted molar refractivity (Wildman–Crippen MR) is 54.3 cm³/mol. The van der Waals surface area contributed by atoms with E-state index < -0.39 is 11.9 Å². The van der Waals surface area contributed by atoms with Crippen molar-refractivity contribution in [3.63, 3.8) is 0 Å². The van der Waals surface area contributed by atoms with Crippen molar-refractivity contribution in [3.05, 3.63) is 0 Å². The zero-order valence-corrected chi connectivity index (χ0v) is 9.12. The Morgan fingerprint density at radius 3 is 1.86 bits per heavy atom. The average Bonchev–Trinajstić information content (AvgIpc) is 2.04. The molecule has 4 nitrogen and oxygen atoms in total. The van der Waals surface area contributed by atoms with E-state index in [2.05, 4.69) is 6.92 Å². The Morgan fingerprint density at radius 1 is 1.21 bits per heavy atom. The van der Waals surface area contributed by atoms with Crippen LogP contribution in [-0.4, -0.2) is 22.2 Å². The van der Waals surface area contributed by atoms with Crippen LogP contribution >= 0.6 is 0 Å². The van der Waals surface area contributed by atoms with Crippen LogP contribution in [0.4, 0.5) is 0 Å². The summed E-state index contributed by atoms with van der Waals surface area (Å²) in [4.78, 5) is 19.4. The third-order valence-corrected chi connectivity index (χ3v) is 1.75. The van der Waals surface area contributed by atoms with Gasteiger partial charge in [0, 0.05) is 6.92 Å². The van der Waals surface area contributed by atoms with E-state index in [1.165, 1.54) is 0 Å². The summed E-state index contributed by atoms with van der Waals surface area (Å²) in [5.41, 5.74) is 0. The summed E-state index contributed by atoms with van der Waals surface area (Å²) in [6.07, 6.45) is 3.71. The smallest absolute Gasteiger partial charge is 0.306 e. The molecule has 0 aromatic carbocycles. The van der Waals surface area contributed by atoms with Crippen molar-refractivity contribution in [1.29, 1.82) is 0 Å². The van der Waals surface area contributed by atoms with E-state index in [0.717, 1.165) is 32.6 Å². The fourth-order valence-electron chi connectivity index (χ4n) is 0.953. The molecule has 0 bridgehead atoms. The van der Waals surface area contributed by atoms with Crippen LogP contribution in [0.3, 0.4) is 0 Å². The Labute approximate surface area is 84.9 Å². The summed E-state index contributed by atoms with van der Waals surface area (Å²) in [6, 6.07) is 0. The van der Waals surface area contributed by atoms with Crippen LogP contribution in [0.2, 0.25) is 0 Å². The summed E-state index contributed by atoms with van der Waals surface area (Å²) in [7, 11) is 0. The first-order chi connectivity index (χ1) is 6.45. The van der Waals surface area contributed by atoms with Crippen molar-refractivity contribution >= 4 is 11.9 Å². The fourth-order valence-corrected chi connectivity index (χ4v) is 0.953. The van der Waals surface area contributed by atoms with Crippen molar-refractivity contribution in [2.45, 2.75) is 46.5 Å². The molecule has 0 saturated heterocycles. The minimum Gasteiger partial charge on any atom is -0.481 e. The Morgan fingerprint density at radius 2 is 1.64 bits per heavy atom. The van der Waals surface area contributed by atoms with Gasteiger partial charge in [-0.3, -0.25) is 9.59 Å². The van der Waals surface area contributed by atoms with Gasteiger partial charge in [0.1, 0.15) is 0 Å². The van der Waals surface area contributed by atoms with E-state index in [1.807, 2.05) is 6.92 Å². The normalized spacial score (nSPS) is 11.1. The molecule has 0 rings (SSSR count). The average molecular weight is 204 g/mol. The number of hydrogen-bond acceptors (Lipinski definition) is 2. The zero-order valence-electron chi connectivity index (χ0n) is 9.12. The molecule has 0 aliphatic rings. The Bertz CT molecular complexity index is 162. The molecule has 0 heterocycles. The first-order valence-electron chi connectivity index (χ1n) is 4.87. The first-order valence-corrected chi connectivity index (χ1v) is 4.87. The molecule has 2 N–H and O–H groups in total. The molecule has 0 radical (unpaired) electrons. The molecule has 14 heavy (non-hydrogen) atoms.